The molecular formula is C27H21F3N4O4S. The molecule has 0 saturated heterocycles. The number of aromatic nitrogens is 3. The summed E-state index contributed by atoms with van der Waals surface area (Å²) in [4.78, 5) is 34.2. The van der Waals surface area contributed by atoms with Crippen molar-refractivity contribution in [2.45, 2.75) is 18.4 Å². The van der Waals surface area contributed by atoms with E-state index in [-0.39, 0.29) is 28.0 Å². The summed E-state index contributed by atoms with van der Waals surface area (Å²) in [5.41, 5.74) is 1.64. The van der Waals surface area contributed by atoms with E-state index in [0.29, 0.717) is 29.1 Å². The lowest BCUT2D eigenvalue weighted by molar-refractivity contribution is -0.274. The predicted molar refractivity (Wildman–Crippen MR) is 143 cm³/mol. The number of rotatable bonds is 8. The quantitative estimate of drug-likeness (QED) is 0.183. The summed E-state index contributed by atoms with van der Waals surface area (Å²) in [7, 11) is 0. The second kappa shape index (κ2) is 10.7. The number of nitrogens with zero attached hydrogens (tertiary/aromatic N) is 2. The Balaban J connectivity index is 1.51. The van der Waals surface area contributed by atoms with Crippen molar-refractivity contribution >= 4 is 45.3 Å². The van der Waals surface area contributed by atoms with Crippen LogP contribution in [-0.4, -0.2) is 39.2 Å². The number of carbonyl (C=O) groups is 1. The number of para-hydroxylation sites is 3. The maximum atomic E-state index is 13.6. The molecule has 2 heterocycles. The van der Waals surface area contributed by atoms with Gasteiger partial charge in [0.2, 0.25) is 5.91 Å². The number of H-pyrrole nitrogens is 1. The van der Waals surface area contributed by atoms with Gasteiger partial charge in [-0.2, -0.15) is 0 Å². The Kier molecular flexibility index (Phi) is 7.20. The van der Waals surface area contributed by atoms with Crippen LogP contribution in [0.5, 0.6) is 11.5 Å². The van der Waals surface area contributed by atoms with Crippen LogP contribution < -0.4 is 20.3 Å². The van der Waals surface area contributed by atoms with E-state index in [0.717, 1.165) is 29.3 Å². The summed E-state index contributed by atoms with van der Waals surface area (Å²) in [5, 5.41) is 3.72. The lowest BCUT2D eigenvalue weighted by atomic mass is 10.2. The van der Waals surface area contributed by atoms with E-state index in [4.69, 9.17) is 4.74 Å². The van der Waals surface area contributed by atoms with Crippen molar-refractivity contribution < 1.29 is 27.4 Å². The molecule has 0 radical (unpaired) electrons. The molecule has 0 fully saturated rings. The highest BCUT2D eigenvalue weighted by molar-refractivity contribution is 7.99. The van der Waals surface area contributed by atoms with Crippen LogP contribution in [-0.2, 0) is 4.79 Å². The molecule has 5 aromatic rings. The molecule has 39 heavy (non-hydrogen) atoms. The summed E-state index contributed by atoms with van der Waals surface area (Å²) in [6.45, 7) is 2.26. The zero-order valence-corrected chi connectivity index (χ0v) is 21.2. The molecule has 12 heteroatoms. The van der Waals surface area contributed by atoms with Gasteiger partial charge in [-0.1, -0.05) is 42.1 Å². The normalized spacial score (nSPS) is 11.6. The Morgan fingerprint density at radius 1 is 1.05 bits per heavy atom. The molecule has 0 bridgehead atoms. The number of nitrogens with one attached hydrogen (secondary N) is 2. The number of hydrogen-bond donors (Lipinski definition) is 2. The van der Waals surface area contributed by atoms with E-state index in [1.807, 2.05) is 25.1 Å². The van der Waals surface area contributed by atoms with E-state index in [9.17, 15) is 22.8 Å². The first-order valence-electron chi connectivity index (χ1n) is 11.8. The Labute approximate surface area is 223 Å². The second-order valence-electron chi connectivity index (χ2n) is 8.24. The number of thioether (sulfide) groups is 1. The van der Waals surface area contributed by atoms with Crippen LogP contribution in [0.1, 0.15) is 6.92 Å². The highest BCUT2D eigenvalue weighted by Gasteiger charge is 2.31. The van der Waals surface area contributed by atoms with Crippen molar-refractivity contribution in [3.8, 4) is 17.2 Å². The minimum absolute atomic E-state index is 0.101. The number of amides is 1. The largest absolute Gasteiger partial charge is 0.573 e. The molecule has 3 aromatic carbocycles. The van der Waals surface area contributed by atoms with Crippen molar-refractivity contribution in [2.24, 2.45) is 0 Å². The van der Waals surface area contributed by atoms with Crippen molar-refractivity contribution in [3.63, 3.8) is 0 Å². The predicted octanol–water partition coefficient (Wildman–Crippen LogP) is 5.90. The van der Waals surface area contributed by atoms with Gasteiger partial charge in [-0.05, 0) is 49.4 Å². The molecular weight excluding hydrogens is 533 g/mol. The molecule has 200 valence electrons. The number of benzene rings is 3. The fraction of sp³-hybridized carbons (Fsp3) is 0.148. The molecule has 1 amide bonds. The Hall–Kier alpha value is -4.45. The number of alkyl halides is 3. The van der Waals surface area contributed by atoms with Crippen LogP contribution in [0, 0.1) is 0 Å². The first-order valence-corrected chi connectivity index (χ1v) is 12.8. The number of ether oxygens (including phenoxy) is 2. The highest BCUT2D eigenvalue weighted by atomic mass is 32.2. The minimum Gasteiger partial charge on any atom is -0.492 e. The third kappa shape index (κ3) is 5.70. The molecule has 0 aliphatic carbocycles. The van der Waals surface area contributed by atoms with Crippen LogP contribution in [0.25, 0.3) is 27.6 Å². The third-order valence-electron chi connectivity index (χ3n) is 5.62. The van der Waals surface area contributed by atoms with Gasteiger partial charge in [0, 0.05) is 10.9 Å². The van der Waals surface area contributed by atoms with Gasteiger partial charge in [0.05, 0.1) is 23.7 Å². The third-order valence-corrected chi connectivity index (χ3v) is 6.55. The van der Waals surface area contributed by atoms with Crippen molar-refractivity contribution in [1.82, 2.24) is 14.5 Å². The molecule has 2 aromatic heterocycles. The van der Waals surface area contributed by atoms with E-state index >= 15 is 0 Å². The van der Waals surface area contributed by atoms with Gasteiger partial charge in [-0.15, -0.1) is 13.2 Å². The molecule has 0 atom stereocenters. The lowest BCUT2D eigenvalue weighted by Crippen LogP contribution is -2.23. The number of aromatic amines is 1. The zero-order valence-electron chi connectivity index (χ0n) is 20.4. The first kappa shape index (κ1) is 26.2. The molecule has 0 aliphatic heterocycles. The maximum absolute atomic E-state index is 13.6. The van der Waals surface area contributed by atoms with Crippen LogP contribution in [0.4, 0.5) is 18.9 Å². The summed E-state index contributed by atoms with van der Waals surface area (Å²) < 4.78 is 48.6. The monoisotopic (exact) mass is 554 g/mol. The van der Waals surface area contributed by atoms with Crippen molar-refractivity contribution in [2.75, 3.05) is 17.7 Å². The van der Waals surface area contributed by atoms with Crippen molar-refractivity contribution in [3.05, 3.63) is 83.2 Å². The summed E-state index contributed by atoms with van der Waals surface area (Å²) in [5.74, 6) is -0.369. The Morgan fingerprint density at radius 2 is 1.77 bits per heavy atom. The van der Waals surface area contributed by atoms with E-state index in [2.05, 4.69) is 20.0 Å². The van der Waals surface area contributed by atoms with Gasteiger partial charge in [0.25, 0.3) is 5.56 Å². The SMILES string of the molecule is CCOc1ccccc1NC(=O)CSc1nc2c([nH]c3ccccc32)c(=O)n1-c1ccc(OC(F)(F)F)cc1. The molecule has 5 rings (SSSR count). The first-order chi connectivity index (χ1) is 18.7. The topological polar surface area (TPSA) is 98.2 Å². The zero-order chi connectivity index (χ0) is 27.6. The summed E-state index contributed by atoms with van der Waals surface area (Å²) in [6.07, 6.45) is -4.85. The molecule has 0 spiro atoms. The van der Waals surface area contributed by atoms with E-state index in [1.54, 1.807) is 30.3 Å². The average molecular weight is 555 g/mol. The fourth-order valence-electron chi connectivity index (χ4n) is 4.03. The maximum Gasteiger partial charge on any atom is 0.573 e. The summed E-state index contributed by atoms with van der Waals surface area (Å²) in [6, 6.07) is 19.1. The minimum atomic E-state index is -4.85. The van der Waals surface area contributed by atoms with Crippen LogP contribution in [0.15, 0.2) is 82.7 Å². The fourth-order valence-corrected chi connectivity index (χ4v) is 4.84. The van der Waals surface area contributed by atoms with E-state index in [1.165, 1.54) is 16.7 Å². The Bertz CT molecular complexity index is 1720. The van der Waals surface area contributed by atoms with Crippen LogP contribution in [0.2, 0.25) is 0 Å². The van der Waals surface area contributed by atoms with Gasteiger partial charge < -0.3 is 19.8 Å². The van der Waals surface area contributed by atoms with Crippen LogP contribution in [0.3, 0.4) is 0 Å². The molecule has 8 nitrogen and oxygen atoms in total. The van der Waals surface area contributed by atoms with Gasteiger partial charge in [-0.25, -0.2) is 4.98 Å². The average Bonchev–Trinajstić information content (AvgIpc) is 3.28. The van der Waals surface area contributed by atoms with Gasteiger partial charge in [-0.3, -0.25) is 14.2 Å². The molecule has 0 aliphatic rings. The van der Waals surface area contributed by atoms with E-state index < -0.39 is 17.7 Å². The van der Waals surface area contributed by atoms with Gasteiger partial charge in [0.1, 0.15) is 22.5 Å². The molecule has 0 saturated carbocycles. The number of carbonyl (C=O) groups excluding carboxylic acids is 1. The van der Waals surface area contributed by atoms with Crippen LogP contribution >= 0.6 is 11.8 Å². The standard InChI is InChI=1S/C27H21F3N4O4S/c1-2-37-21-10-6-5-9-20(21)31-22(35)15-39-26-33-23-18-7-3-4-8-19(18)32-24(23)25(36)34(26)16-11-13-17(14-12-16)38-27(28,29)30/h3-14,32H,2,15H2,1H3,(H,31,35). The van der Waals surface area contributed by atoms with Gasteiger partial charge in [0.15, 0.2) is 5.16 Å². The van der Waals surface area contributed by atoms with Gasteiger partial charge >= 0.3 is 6.36 Å². The Morgan fingerprint density at radius 3 is 2.51 bits per heavy atom. The summed E-state index contributed by atoms with van der Waals surface area (Å²) >= 11 is 1.02. The lowest BCUT2D eigenvalue weighted by Gasteiger charge is -2.14. The number of halogens is 3. The van der Waals surface area contributed by atoms with Crippen molar-refractivity contribution in [1.29, 1.82) is 0 Å². The number of anilines is 1. The molecule has 2 N–H and O–H groups in total. The molecule has 0 unspecified atom stereocenters. The second-order valence-corrected chi connectivity index (χ2v) is 9.18. The highest BCUT2D eigenvalue weighted by Crippen LogP contribution is 2.29. The smallest absolute Gasteiger partial charge is 0.492 e. The number of hydrogen-bond acceptors (Lipinski definition) is 6. The number of fused-ring (bicyclic) bond motifs is 3.